The average molecular weight is 373 g/mol. The number of nitrogens with two attached hydrogens (primary N) is 1. The number of anilines is 2. The summed E-state index contributed by atoms with van der Waals surface area (Å²) in [5, 5.41) is 12.0. The maximum absolute atomic E-state index is 14.7. The molecule has 2 amide bonds. The van der Waals surface area contributed by atoms with Gasteiger partial charge in [-0.15, -0.1) is 0 Å². The van der Waals surface area contributed by atoms with Crippen LogP contribution in [-0.4, -0.2) is 29.9 Å². The molecule has 0 atom stereocenters. The maximum atomic E-state index is 14.7. The number of fused-ring (bicyclic) bond motifs is 1. The van der Waals surface area contributed by atoms with Gasteiger partial charge in [0.1, 0.15) is 11.3 Å². The van der Waals surface area contributed by atoms with Gasteiger partial charge < -0.3 is 25.8 Å². The van der Waals surface area contributed by atoms with Crippen LogP contribution >= 0.6 is 0 Å². The molecule has 9 heteroatoms. The van der Waals surface area contributed by atoms with E-state index in [1.165, 1.54) is 6.07 Å². The third-order valence-corrected chi connectivity index (χ3v) is 3.91. The fraction of sp³-hybridized carbons (Fsp3) is 0.222. The van der Waals surface area contributed by atoms with Crippen LogP contribution in [0.2, 0.25) is 0 Å². The largest absolute Gasteiger partial charge is 0.497 e. The number of nitrogens with one attached hydrogen (secondary N) is 3. The van der Waals surface area contributed by atoms with Crippen LogP contribution in [0.4, 0.5) is 20.7 Å². The Morgan fingerprint density at radius 3 is 2.93 bits per heavy atom. The molecule has 8 nitrogen and oxygen atoms in total. The summed E-state index contributed by atoms with van der Waals surface area (Å²) in [7, 11) is 1.57. The van der Waals surface area contributed by atoms with E-state index in [0.29, 0.717) is 11.1 Å². The minimum atomic E-state index is -0.665. The lowest BCUT2D eigenvalue weighted by Gasteiger charge is -2.14. The second kappa shape index (κ2) is 7.81. The summed E-state index contributed by atoms with van der Waals surface area (Å²) < 4.78 is 25.2. The number of hydrogen-bond donors (Lipinski definition) is 4. The van der Waals surface area contributed by atoms with Gasteiger partial charge in [-0.3, -0.25) is 5.10 Å². The Morgan fingerprint density at radius 2 is 2.19 bits per heavy atom. The molecule has 0 aliphatic heterocycles. The first-order valence-electron chi connectivity index (χ1n) is 8.30. The monoisotopic (exact) mass is 373 g/mol. The quantitative estimate of drug-likeness (QED) is 0.530. The number of aromatic nitrogens is 2. The number of nitrogen functional groups attached to an aromatic ring is 1. The highest BCUT2D eigenvalue weighted by Gasteiger charge is 2.19. The Bertz CT molecular complexity index is 973. The highest BCUT2D eigenvalue weighted by Crippen LogP contribution is 2.35. The lowest BCUT2D eigenvalue weighted by Crippen LogP contribution is -2.28. The first-order valence-corrected chi connectivity index (χ1v) is 8.30. The number of amides is 2. The number of carbonyl (C=O) groups is 1. The van der Waals surface area contributed by atoms with Gasteiger partial charge in [-0.25, -0.2) is 9.18 Å². The summed E-state index contributed by atoms with van der Waals surface area (Å²) in [6.07, 6.45) is 0. The van der Waals surface area contributed by atoms with Crippen molar-refractivity contribution in [3.8, 4) is 11.5 Å². The lowest BCUT2D eigenvalue weighted by molar-refractivity contribution is 0.251. The molecular weight excluding hydrogens is 353 g/mol. The van der Waals surface area contributed by atoms with Crippen molar-refractivity contribution in [2.24, 2.45) is 0 Å². The van der Waals surface area contributed by atoms with Crippen LogP contribution in [0.25, 0.3) is 10.9 Å². The van der Waals surface area contributed by atoms with Gasteiger partial charge in [0.25, 0.3) is 0 Å². The van der Waals surface area contributed by atoms with E-state index in [9.17, 15) is 9.18 Å². The molecule has 2 aromatic carbocycles. The van der Waals surface area contributed by atoms with Crippen molar-refractivity contribution in [2.75, 3.05) is 24.8 Å². The number of methoxy groups -OCH3 is 1. The highest BCUT2D eigenvalue weighted by molar-refractivity contribution is 5.98. The third kappa shape index (κ3) is 3.86. The number of carbonyl (C=O) groups excluding carboxylic acids is 1. The molecule has 142 valence electrons. The molecule has 0 aliphatic carbocycles. The maximum Gasteiger partial charge on any atom is 0.319 e. The number of benzene rings is 2. The number of rotatable bonds is 6. The van der Waals surface area contributed by atoms with Gasteiger partial charge in [0.15, 0.2) is 17.4 Å². The van der Waals surface area contributed by atoms with E-state index in [2.05, 4.69) is 20.8 Å². The Labute approximate surface area is 154 Å². The molecule has 1 aromatic heterocycles. The number of halogens is 1. The van der Waals surface area contributed by atoms with Crippen LogP contribution in [0.5, 0.6) is 11.5 Å². The summed E-state index contributed by atoms with van der Waals surface area (Å²) in [5.41, 5.74) is 6.89. The molecule has 1 heterocycles. The van der Waals surface area contributed by atoms with Gasteiger partial charge >= 0.3 is 6.03 Å². The second-order valence-electron chi connectivity index (χ2n) is 5.69. The Balaban J connectivity index is 1.79. The van der Waals surface area contributed by atoms with E-state index in [4.69, 9.17) is 15.2 Å². The highest BCUT2D eigenvalue weighted by atomic mass is 19.1. The average Bonchev–Trinajstić information content (AvgIpc) is 3.04. The van der Waals surface area contributed by atoms with E-state index in [1.54, 1.807) is 14.0 Å². The fourth-order valence-corrected chi connectivity index (χ4v) is 2.63. The minimum absolute atomic E-state index is 0.0785. The van der Waals surface area contributed by atoms with Crippen LogP contribution in [0.3, 0.4) is 0 Å². The van der Waals surface area contributed by atoms with Crippen molar-refractivity contribution >= 4 is 28.4 Å². The number of hydrogen-bond acceptors (Lipinski definition) is 5. The van der Waals surface area contributed by atoms with Crippen molar-refractivity contribution < 1.29 is 18.7 Å². The fourth-order valence-electron chi connectivity index (χ4n) is 2.63. The predicted molar refractivity (Wildman–Crippen MR) is 100 cm³/mol. The summed E-state index contributed by atoms with van der Waals surface area (Å²) >= 11 is 0. The van der Waals surface area contributed by atoms with E-state index >= 15 is 0 Å². The smallest absolute Gasteiger partial charge is 0.319 e. The molecule has 0 spiro atoms. The van der Waals surface area contributed by atoms with Crippen LogP contribution in [0, 0.1) is 5.82 Å². The van der Waals surface area contributed by atoms with E-state index in [1.807, 2.05) is 24.3 Å². The molecule has 5 N–H and O–H groups in total. The van der Waals surface area contributed by atoms with Crippen LogP contribution < -0.4 is 25.8 Å². The standard InChI is InChI=1S/C18H20FN5O3/c1-3-27-16-13(8-12-15(14(16)19)23-24-17(12)20)22-18(25)21-9-10-5-4-6-11(7-10)26-2/h4-8H,3,9H2,1-2H3,(H3,20,23,24)(H2,21,22,25). The minimum Gasteiger partial charge on any atom is -0.497 e. The zero-order valence-corrected chi connectivity index (χ0v) is 14.9. The third-order valence-electron chi connectivity index (χ3n) is 3.91. The first kappa shape index (κ1) is 18.3. The molecule has 0 unspecified atom stereocenters. The second-order valence-corrected chi connectivity index (χ2v) is 5.69. The molecule has 3 rings (SSSR count). The summed E-state index contributed by atoms with van der Waals surface area (Å²) in [6, 6.07) is 8.31. The van der Waals surface area contributed by atoms with Crippen LogP contribution in [0.15, 0.2) is 30.3 Å². The number of ether oxygens (including phenoxy) is 2. The van der Waals surface area contributed by atoms with Gasteiger partial charge in [-0.2, -0.15) is 5.10 Å². The summed E-state index contributed by atoms with van der Waals surface area (Å²) in [6.45, 7) is 2.22. The molecule has 0 aliphatic rings. The van der Waals surface area contributed by atoms with Gasteiger partial charge in [0, 0.05) is 11.9 Å². The molecule has 0 bridgehead atoms. The van der Waals surface area contributed by atoms with Gasteiger partial charge in [0.2, 0.25) is 0 Å². The van der Waals surface area contributed by atoms with Crippen LogP contribution in [0.1, 0.15) is 12.5 Å². The number of aromatic amines is 1. The number of urea groups is 1. The van der Waals surface area contributed by atoms with Crippen molar-refractivity contribution in [3.05, 3.63) is 41.7 Å². The number of H-pyrrole nitrogens is 1. The number of nitrogens with zero attached hydrogens (tertiary/aromatic N) is 1. The SMILES string of the molecule is CCOc1c(NC(=O)NCc2cccc(OC)c2)cc2c(N)n[nH]c2c1F. The molecule has 0 fully saturated rings. The Hall–Kier alpha value is -3.49. The first-order chi connectivity index (χ1) is 13.0. The summed E-state index contributed by atoms with van der Waals surface area (Å²) in [4.78, 5) is 12.3. The predicted octanol–water partition coefficient (Wildman–Crippen LogP) is 3.01. The molecule has 0 saturated carbocycles. The lowest BCUT2D eigenvalue weighted by atomic mass is 10.2. The Kier molecular flexibility index (Phi) is 5.30. The zero-order valence-electron chi connectivity index (χ0n) is 14.9. The van der Waals surface area contributed by atoms with Crippen LogP contribution in [-0.2, 0) is 6.54 Å². The topological polar surface area (TPSA) is 114 Å². The van der Waals surface area contributed by atoms with Crippen molar-refractivity contribution in [2.45, 2.75) is 13.5 Å². The Morgan fingerprint density at radius 1 is 1.37 bits per heavy atom. The zero-order chi connectivity index (χ0) is 19.4. The molecular formula is C18H20FN5O3. The molecule has 27 heavy (non-hydrogen) atoms. The van der Waals surface area contributed by atoms with E-state index in [0.717, 1.165) is 5.56 Å². The van der Waals surface area contributed by atoms with Crippen molar-refractivity contribution in [1.29, 1.82) is 0 Å². The van der Waals surface area contributed by atoms with Crippen molar-refractivity contribution in [1.82, 2.24) is 15.5 Å². The normalized spacial score (nSPS) is 10.6. The van der Waals surface area contributed by atoms with E-state index in [-0.39, 0.29) is 35.9 Å². The van der Waals surface area contributed by atoms with Gasteiger partial charge in [-0.1, -0.05) is 12.1 Å². The van der Waals surface area contributed by atoms with Gasteiger partial charge in [-0.05, 0) is 30.7 Å². The molecule has 0 radical (unpaired) electrons. The van der Waals surface area contributed by atoms with Crippen molar-refractivity contribution in [3.63, 3.8) is 0 Å². The summed E-state index contributed by atoms with van der Waals surface area (Å²) in [5.74, 6) is 0.0786. The molecule has 3 aromatic rings. The van der Waals surface area contributed by atoms with E-state index < -0.39 is 11.8 Å². The molecule has 0 saturated heterocycles. The van der Waals surface area contributed by atoms with Gasteiger partial charge in [0.05, 0.1) is 19.4 Å².